The molecule has 0 unspecified atom stereocenters. The quantitative estimate of drug-likeness (QED) is 0.652. The van der Waals surface area contributed by atoms with Gasteiger partial charge in [0.15, 0.2) is 11.5 Å². The van der Waals surface area contributed by atoms with E-state index in [4.69, 9.17) is 14.2 Å². The van der Waals surface area contributed by atoms with E-state index in [9.17, 15) is 9.18 Å². The van der Waals surface area contributed by atoms with Crippen LogP contribution in [0.5, 0.6) is 17.2 Å². The molecule has 0 saturated carbocycles. The van der Waals surface area contributed by atoms with Crippen LogP contribution in [0.4, 0.5) is 4.39 Å². The van der Waals surface area contributed by atoms with Gasteiger partial charge in [-0.25, -0.2) is 9.82 Å². The van der Waals surface area contributed by atoms with Crippen LogP contribution in [0.15, 0.2) is 41.5 Å². The van der Waals surface area contributed by atoms with Crippen LogP contribution < -0.4 is 19.6 Å². The summed E-state index contributed by atoms with van der Waals surface area (Å²) >= 11 is 0. The molecule has 1 N–H and O–H groups in total. The zero-order chi connectivity index (χ0) is 17.5. The lowest BCUT2D eigenvalue weighted by Crippen LogP contribution is -2.18. The second-order valence-electron chi connectivity index (χ2n) is 4.64. The molecule has 0 heterocycles. The number of hydrogen-bond donors (Lipinski definition) is 1. The van der Waals surface area contributed by atoms with Crippen molar-refractivity contribution in [2.45, 2.75) is 0 Å². The fourth-order valence-corrected chi connectivity index (χ4v) is 2.05. The fourth-order valence-electron chi connectivity index (χ4n) is 2.05. The fraction of sp³-hybridized carbons (Fsp3) is 0.176. The second-order valence-corrected chi connectivity index (χ2v) is 4.64. The molecule has 0 fully saturated rings. The van der Waals surface area contributed by atoms with Gasteiger partial charge in [-0.1, -0.05) is 12.1 Å². The van der Waals surface area contributed by atoms with E-state index >= 15 is 0 Å². The van der Waals surface area contributed by atoms with Crippen LogP contribution in [-0.4, -0.2) is 33.5 Å². The monoisotopic (exact) mass is 332 g/mol. The van der Waals surface area contributed by atoms with Crippen molar-refractivity contribution in [3.63, 3.8) is 0 Å². The Labute approximate surface area is 138 Å². The summed E-state index contributed by atoms with van der Waals surface area (Å²) in [4.78, 5) is 11.9. The number of methoxy groups -OCH3 is 3. The number of halogens is 1. The van der Waals surface area contributed by atoms with Crippen molar-refractivity contribution >= 4 is 12.1 Å². The molecule has 2 rings (SSSR count). The number of hydrazone groups is 1. The molecule has 0 aliphatic rings. The Bertz CT molecular complexity index is 737. The molecular weight excluding hydrogens is 315 g/mol. The standard InChI is InChI=1S/C17H17FN2O4/c1-22-14-8-11(9-15(23-2)16(14)24-3)10-19-20-17(21)12-6-4-5-7-13(12)18/h4-10H,1-3H3,(H,20,21)/b19-10-. The van der Waals surface area contributed by atoms with Gasteiger partial charge in [0.05, 0.1) is 33.1 Å². The average Bonchev–Trinajstić information content (AvgIpc) is 2.60. The molecule has 0 aliphatic carbocycles. The summed E-state index contributed by atoms with van der Waals surface area (Å²) in [5.41, 5.74) is 2.80. The summed E-state index contributed by atoms with van der Waals surface area (Å²) < 4.78 is 29.2. The maximum absolute atomic E-state index is 13.5. The highest BCUT2D eigenvalue weighted by atomic mass is 19.1. The van der Waals surface area contributed by atoms with Crippen LogP contribution in [0.25, 0.3) is 0 Å². The van der Waals surface area contributed by atoms with Crippen LogP contribution in [0.1, 0.15) is 15.9 Å². The summed E-state index contributed by atoms with van der Waals surface area (Å²) in [6, 6.07) is 8.99. The molecule has 2 aromatic carbocycles. The third-order valence-corrected chi connectivity index (χ3v) is 3.19. The van der Waals surface area contributed by atoms with Gasteiger partial charge in [0.2, 0.25) is 5.75 Å². The molecule has 2 aromatic rings. The van der Waals surface area contributed by atoms with Crippen LogP contribution in [0.3, 0.4) is 0 Å². The minimum atomic E-state index is -0.642. The highest BCUT2D eigenvalue weighted by Gasteiger charge is 2.13. The molecule has 0 spiro atoms. The molecule has 0 aromatic heterocycles. The summed E-state index contributed by atoms with van der Waals surface area (Å²) in [7, 11) is 4.50. The number of nitrogens with zero attached hydrogens (tertiary/aromatic N) is 1. The van der Waals surface area contributed by atoms with Crippen molar-refractivity contribution in [1.82, 2.24) is 5.43 Å². The molecule has 126 valence electrons. The first-order chi connectivity index (χ1) is 11.6. The molecule has 24 heavy (non-hydrogen) atoms. The Hall–Kier alpha value is -3.09. The Morgan fingerprint density at radius 3 is 2.25 bits per heavy atom. The summed E-state index contributed by atoms with van der Waals surface area (Å²) in [5, 5.41) is 3.82. The molecule has 0 saturated heterocycles. The average molecular weight is 332 g/mol. The Kier molecular flexibility index (Phi) is 5.73. The molecule has 0 atom stereocenters. The first-order valence-electron chi connectivity index (χ1n) is 6.98. The smallest absolute Gasteiger partial charge is 0.274 e. The first-order valence-corrected chi connectivity index (χ1v) is 6.98. The van der Waals surface area contributed by atoms with Crippen molar-refractivity contribution in [2.75, 3.05) is 21.3 Å². The maximum atomic E-state index is 13.5. The van der Waals surface area contributed by atoms with Crippen molar-refractivity contribution in [3.05, 3.63) is 53.3 Å². The first kappa shape index (κ1) is 17.3. The van der Waals surface area contributed by atoms with Crippen LogP contribution in [0.2, 0.25) is 0 Å². The maximum Gasteiger partial charge on any atom is 0.274 e. The predicted molar refractivity (Wildman–Crippen MR) is 87.6 cm³/mol. The SMILES string of the molecule is COc1cc(/C=N\NC(=O)c2ccccc2F)cc(OC)c1OC. The van der Waals surface area contributed by atoms with Gasteiger partial charge in [-0.3, -0.25) is 4.79 Å². The van der Waals surface area contributed by atoms with E-state index in [-0.39, 0.29) is 5.56 Å². The minimum absolute atomic E-state index is 0.0838. The van der Waals surface area contributed by atoms with E-state index < -0.39 is 11.7 Å². The summed E-state index contributed by atoms with van der Waals surface area (Å²) in [6.07, 6.45) is 1.39. The van der Waals surface area contributed by atoms with E-state index in [1.807, 2.05) is 0 Å². The Morgan fingerprint density at radius 2 is 1.71 bits per heavy atom. The van der Waals surface area contributed by atoms with Gasteiger partial charge < -0.3 is 14.2 Å². The van der Waals surface area contributed by atoms with Crippen molar-refractivity contribution < 1.29 is 23.4 Å². The topological polar surface area (TPSA) is 69.2 Å². The van der Waals surface area contributed by atoms with E-state index in [1.54, 1.807) is 18.2 Å². The molecule has 0 radical (unpaired) electrons. The van der Waals surface area contributed by atoms with Gasteiger partial charge in [-0.2, -0.15) is 5.10 Å². The number of carbonyl (C=O) groups is 1. The number of amides is 1. The zero-order valence-corrected chi connectivity index (χ0v) is 13.5. The second kappa shape index (κ2) is 7.96. The molecule has 7 heteroatoms. The summed E-state index contributed by atoms with van der Waals surface area (Å²) in [5.74, 6) is 0.111. The number of rotatable bonds is 6. The number of benzene rings is 2. The Morgan fingerprint density at radius 1 is 1.08 bits per heavy atom. The number of hydrogen-bond acceptors (Lipinski definition) is 5. The van der Waals surface area contributed by atoms with Gasteiger partial charge >= 0.3 is 0 Å². The highest BCUT2D eigenvalue weighted by molar-refractivity contribution is 5.95. The van der Waals surface area contributed by atoms with Gasteiger partial charge in [0.25, 0.3) is 5.91 Å². The van der Waals surface area contributed by atoms with Gasteiger partial charge in [-0.05, 0) is 24.3 Å². The van der Waals surface area contributed by atoms with Crippen molar-refractivity contribution in [2.24, 2.45) is 5.10 Å². The lowest BCUT2D eigenvalue weighted by Gasteiger charge is -2.12. The van der Waals surface area contributed by atoms with E-state index in [0.29, 0.717) is 22.8 Å². The Balaban J connectivity index is 2.17. The lowest BCUT2D eigenvalue weighted by atomic mass is 10.2. The largest absolute Gasteiger partial charge is 0.493 e. The van der Waals surface area contributed by atoms with Crippen molar-refractivity contribution in [1.29, 1.82) is 0 Å². The predicted octanol–water partition coefficient (Wildman–Crippen LogP) is 2.62. The molecule has 0 bridgehead atoms. The third kappa shape index (κ3) is 3.81. The highest BCUT2D eigenvalue weighted by Crippen LogP contribution is 2.37. The summed E-state index contributed by atoms with van der Waals surface area (Å²) in [6.45, 7) is 0. The van der Waals surface area contributed by atoms with Gasteiger partial charge in [0, 0.05) is 5.56 Å². The number of carbonyl (C=O) groups excluding carboxylic acids is 1. The zero-order valence-electron chi connectivity index (χ0n) is 13.5. The van der Waals surface area contributed by atoms with Gasteiger partial charge in [0.1, 0.15) is 5.82 Å². The van der Waals surface area contributed by atoms with Crippen LogP contribution in [-0.2, 0) is 0 Å². The van der Waals surface area contributed by atoms with E-state index in [1.165, 1.54) is 45.7 Å². The number of nitrogens with one attached hydrogen (secondary N) is 1. The van der Waals surface area contributed by atoms with Crippen LogP contribution in [0, 0.1) is 5.82 Å². The van der Waals surface area contributed by atoms with Crippen LogP contribution >= 0.6 is 0 Å². The van der Waals surface area contributed by atoms with Gasteiger partial charge in [-0.15, -0.1) is 0 Å². The molecular formula is C17H17FN2O4. The third-order valence-electron chi connectivity index (χ3n) is 3.19. The van der Waals surface area contributed by atoms with Crippen molar-refractivity contribution in [3.8, 4) is 17.2 Å². The molecule has 1 amide bonds. The normalized spacial score (nSPS) is 10.5. The van der Waals surface area contributed by atoms with E-state index in [2.05, 4.69) is 10.5 Å². The molecule has 6 nitrogen and oxygen atoms in total. The lowest BCUT2D eigenvalue weighted by molar-refractivity contribution is 0.0951. The number of ether oxygens (including phenoxy) is 3. The molecule has 0 aliphatic heterocycles. The van der Waals surface area contributed by atoms with E-state index in [0.717, 1.165) is 0 Å². The minimum Gasteiger partial charge on any atom is -0.493 e.